The lowest BCUT2D eigenvalue weighted by molar-refractivity contribution is -0.120. The van der Waals surface area contributed by atoms with Crippen molar-refractivity contribution in [2.24, 2.45) is 0 Å². The third-order valence-electron chi connectivity index (χ3n) is 4.31. The van der Waals surface area contributed by atoms with Crippen LogP contribution in [0.3, 0.4) is 0 Å². The number of nitrogens with zero attached hydrogens (tertiary/aromatic N) is 1. The van der Waals surface area contributed by atoms with Crippen LogP contribution in [0.5, 0.6) is 5.75 Å². The van der Waals surface area contributed by atoms with Crippen LogP contribution in [-0.4, -0.2) is 35.6 Å². The zero-order valence-electron chi connectivity index (χ0n) is 18.2. The number of carbonyl (C=O) groups excluding carboxylic acids is 3. The van der Waals surface area contributed by atoms with E-state index in [1.54, 1.807) is 31.4 Å². The van der Waals surface area contributed by atoms with E-state index in [1.807, 2.05) is 29.6 Å². The summed E-state index contributed by atoms with van der Waals surface area (Å²) >= 11 is 2.72. The van der Waals surface area contributed by atoms with Crippen molar-refractivity contribution in [2.75, 3.05) is 23.5 Å². The summed E-state index contributed by atoms with van der Waals surface area (Å²) in [6.07, 6.45) is 0.174. The molecule has 33 heavy (non-hydrogen) atoms. The van der Waals surface area contributed by atoms with Crippen LogP contribution in [0.4, 0.5) is 11.4 Å². The molecule has 3 rings (SSSR count). The first-order chi connectivity index (χ1) is 15.9. The third-order valence-corrected chi connectivity index (χ3v) is 6.38. The predicted octanol–water partition coefficient (Wildman–Crippen LogP) is 3.70. The van der Waals surface area contributed by atoms with Gasteiger partial charge in [0.25, 0.3) is 0 Å². The zero-order valence-corrected chi connectivity index (χ0v) is 19.8. The molecule has 1 aromatic heterocycles. The number of anilines is 2. The summed E-state index contributed by atoms with van der Waals surface area (Å²) < 4.78 is 5.91. The molecule has 0 spiro atoms. The van der Waals surface area contributed by atoms with Gasteiger partial charge in [-0.2, -0.15) is 0 Å². The van der Waals surface area contributed by atoms with Crippen molar-refractivity contribution in [1.29, 1.82) is 0 Å². The van der Waals surface area contributed by atoms with E-state index >= 15 is 0 Å². The van der Waals surface area contributed by atoms with E-state index in [9.17, 15) is 14.4 Å². The molecule has 3 N–H and O–H groups in total. The highest BCUT2D eigenvalue weighted by Gasteiger charge is 2.10. The number of hydrogen-bond donors (Lipinski definition) is 3. The van der Waals surface area contributed by atoms with Gasteiger partial charge in [0.15, 0.2) is 4.34 Å². The molecule has 0 aliphatic carbocycles. The minimum absolute atomic E-state index is 0.125. The number of benzene rings is 2. The SMILES string of the molecule is COc1cccc(CNC(=O)Cc2csc(SCC(=O)Nc3ccc(NC(C)=O)cc3)n2)c1. The Morgan fingerprint density at radius 1 is 1.03 bits per heavy atom. The van der Waals surface area contributed by atoms with Crippen molar-refractivity contribution in [1.82, 2.24) is 10.3 Å². The molecule has 0 saturated heterocycles. The predicted molar refractivity (Wildman–Crippen MR) is 131 cm³/mol. The first kappa shape index (κ1) is 24.3. The van der Waals surface area contributed by atoms with Gasteiger partial charge in [0.1, 0.15) is 5.75 Å². The number of thioether (sulfide) groups is 1. The molecule has 8 nitrogen and oxygen atoms in total. The van der Waals surface area contributed by atoms with E-state index in [-0.39, 0.29) is 29.9 Å². The van der Waals surface area contributed by atoms with Crippen LogP contribution in [0.2, 0.25) is 0 Å². The molecule has 1 heterocycles. The highest BCUT2D eigenvalue weighted by Crippen LogP contribution is 2.23. The molecule has 0 unspecified atom stereocenters. The molecule has 3 amide bonds. The quantitative estimate of drug-likeness (QED) is 0.379. The monoisotopic (exact) mass is 484 g/mol. The molecule has 0 aliphatic rings. The van der Waals surface area contributed by atoms with Crippen LogP contribution < -0.4 is 20.7 Å². The molecule has 172 valence electrons. The van der Waals surface area contributed by atoms with E-state index in [2.05, 4.69) is 20.9 Å². The van der Waals surface area contributed by atoms with Crippen molar-refractivity contribution < 1.29 is 19.1 Å². The van der Waals surface area contributed by atoms with Gasteiger partial charge in [0, 0.05) is 30.2 Å². The number of thiazole rings is 1. The second kappa shape index (κ2) is 12.0. The molecule has 10 heteroatoms. The molecule has 0 fully saturated rings. The Hall–Kier alpha value is -3.37. The number of amides is 3. The van der Waals surface area contributed by atoms with Gasteiger partial charge < -0.3 is 20.7 Å². The van der Waals surface area contributed by atoms with Crippen molar-refractivity contribution in [3.63, 3.8) is 0 Å². The molecule has 2 aromatic carbocycles. The van der Waals surface area contributed by atoms with Crippen molar-refractivity contribution in [3.05, 3.63) is 65.2 Å². The number of rotatable bonds is 10. The summed E-state index contributed by atoms with van der Waals surface area (Å²) in [4.78, 5) is 39.9. The molecular formula is C23H24N4O4S2. The standard InChI is InChI=1S/C23H24N4O4S2/c1-15(28)25-17-6-8-18(9-7-17)26-22(30)14-33-23-27-19(13-32-23)11-21(29)24-12-16-4-3-5-20(10-16)31-2/h3-10,13H,11-12,14H2,1-2H3,(H,24,29)(H,25,28)(H,26,30). The molecule has 0 saturated carbocycles. The van der Waals surface area contributed by atoms with Crippen LogP contribution in [0.25, 0.3) is 0 Å². The fourth-order valence-corrected chi connectivity index (χ4v) is 4.46. The Kier molecular flexibility index (Phi) is 8.85. The topological polar surface area (TPSA) is 109 Å². The fraction of sp³-hybridized carbons (Fsp3) is 0.217. The Balaban J connectivity index is 1.41. The Labute approximate surface area is 200 Å². The first-order valence-corrected chi connectivity index (χ1v) is 11.9. The lowest BCUT2D eigenvalue weighted by atomic mass is 10.2. The summed E-state index contributed by atoms with van der Waals surface area (Å²) in [7, 11) is 1.60. The van der Waals surface area contributed by atoms with Crippen LogP contribution in [0.1, 0.15) is 18.2 Å². The van der Waals surface area contributed by atoms with Gasteiger partial charge >= 0.3 is 0 Å². The number of ether oxygens (including phenoxy) is 1. The average Bonchev–Trinajstić information content (AvgIpc) is 3.24. The molecule has 0 aliphatic heterocycles. The van der Waals surface area contributed by atoms with Crippen LogP contribution in [0, 0.1) is 0 Å². The summed E-state index contributed by atoms with van der Waals surface area (Å²) in [6, 6.07) is 14.4. The largest absolute Gasteiger partial charge is 0.497 e. The number of aromatic nitrogens is 1. The van der Waals surface area contributed by atoms with Gasteiger partial charge in [-0.15, -0.1) is 11.3 Å². The van der Waals surface area contributed by atoms with Crippen LogP contribution in [0.15, 0.2) is 58.3 Å². The maximum Gasteiger partial charge on any atom is 0.234 e. The van der Waals surface area contributed by atoms with Gasteiger partial charge in [-0.25, -0.2) is 4.98 Å². The van der Waals surface area contributed by atoms with E-state index in [4.69, 9.17) is 4.74 Å². The van der Waals surface area contributed by atoms with Crippen LogP contribution >= 0.6 is 23.1 Å². The van der Waals surface area contributed by atoms with E-state index < -0.39 is 0 Å². The summed E-state index contributed by atoms with van der Waals surface area (Å²) in [6.45, 7) is 1.85. The van der Waals surface area contributed by atoms with Crippen molar-refractivity contribution in [2.45, 2.75) is 24.2 Å². The molecule has 0 bridgehead atoms. The normalized spacial score (nSPS) is 10.4. The van der Waals surface area contributed by atoms with E-state index in [0.29, 0.717) is 23.6 Å². The van der Waals surface area contributed by atoms with Gasteiger partial charge in [0.05, 0.1) is 25.0 Å². The Morgan fingerprint density at radius 2 is 1.76 bits per heavy atom. The van der Waals surface area contributed by atoms with E-state index in [1.165, 1.54) is 30.0 Å². The summed E-state index contributed by atoms with van der Waals surface area (Å²) in [5.41, 5.74) is 2.92. The molecular weight excluding hydrogens is 460 g/mol. The van der Waals surface area contributed by atoms with E-state index in [0.717, 1.165) is 15.7 Å². The highest BCUT2D eigenvalue weighted by atomic mass is 32.2. The Morgan fingerprint density at radius 3 is 2.45 bits per heavy atom. The first-order valence-electron chi connectivity index (χ1n) is 10.1. The van der Waals surface area contributed by atoms with Gasteiger partial charge in [-0.3, -0.25) is 14.4 Å². The van der Waals surface area contributed by atoms with Gasteiger partial charge in [0.2, 0.25) is 17.7 Å². The highest BCUT2D eigenvalue weighted by molar-refractivity contribution is 8.01. The second-order valence-corrected chi connectivity index (χ2v) is 9.09. The zero-order chi connectivity index (χ0) is 23.6. The smallest absolute Gasteiger partial charge is 0.234 e. The summed E-state index contributed by atoms with van der Waals surface area (Å²) in [5, 5.41) is 10.2. The van der Waals surface area contributed by atoms with Gasteiger partial charge in [-0.05, 0) is 42.0 Å². The average molecular weight is 485 g/mol. The van der Waals surface area contributed by atoms with Crippen molar-refractivity contribution in [3.8, 4) is 5.75 Å². The molecule has 3 aromatic rings. The number of methoxy groups -OCH3 is 1. The summed E-state index contributed by atoms with van der Waals surface area (Å²) in [5.74, 6) is 0.497. The second-order valence-electron chi connectivity index (χ2n) is 7.01. The lowest BCUT2D eigenvalue weighted by Crippen LogP contribution is -2.24. The number of hydrogen-bond acceptors (Lipinski definition) is 7. The fourth-order valence-electron chi connectivity index (χ4n) is 2.81. The lowest BCUT2D eigenvalue weighted by Gasteiger charge is -2.06. The minimum Gasteiger partial charge on any atom is -0.497 e. The van der Waals surface area contributed by atoms with Gasteiger partial charge in [-0.1, -0.05) is 23.9 Å². The number of nitrogens with one attached hydrogen (secondary N) is 3. The maximum absolute atomic E-state index is 12.2. The number of carbonyl (C=O) groups is 3. The molecule has 0 radical (unpaired) electrons. The van der Waals surface area contributed by atoms with Crippen molar-refractivity contribution >= 4 is 52.2 Å². The molecule has 0 atom stereocenters. The Bertz CT molecular complexity index is 1120. The minimum atomic E-state index is -0.167. The third kappa shape index (κ3) is 8.24. The maximum atomic E-state index is 12.2. The van der Waals surface area contributed by atoms with Crippen LogP contribution in [-0.2, 0) is 27.3 Å².